The molecule has 1 amide bonds. The van der Waals surface area contributed by atoms with Gasteiger partial charge in [-0.05, 0) is 13.0 Å². The van der Waals surface area contributed by atoms with Crippen LogP contribution < -0.4 is 4.90 Å². The molecule has 1 aromatic carbocycles. The lowest BCUT2D eigenvalue weighted by Crippen LogP contribution is -2.33. The van der Waals surface area contributed by atoms with Crippen LogP contribution in [0.4, 0.5) is 40.3 Å². The van der Waals surface area contributed by atoms with Gasteiger partial charge in [-0.1, -0.05) is 15.5 Å². The van der Waals surface area contributed by atoms with E-state index in [4.69, 9.17) is 0 Å². The third-order valence-electron chi connectivity index (χ3n) is 4.53. The Kier molecular flexibility index (Phi) is 6.62. The summed E-state index contributed by atoms with van der Waals surface area (Å²) in [5, 5.41) is 3.50. The molecule has 2 heterocycles. The summed E-state index contributed by atoms with van der Waals surface area (Å²) in [5.41, 5.74) is -2.73. The molecule has 0 aliphatic carbocycles. The van der Waals surface area contributed by atoms with Crippen LogP contribution in [0, 0.1) is 0 Å². The minimum absolute atomic E-state index is 0.249. The van der Waals surface area contributed by atoms with Gasteiger partial charge in [0.25, 0.3) is 5.91 Å². The smallest absolute Gasteiger partial charge is 0.286 e. The fraction of sp³-hybridized carbons (Fsp3) is 0.353. The van der Waals surface area contributed by atoms with E-state index >= 15 is 0 Å². The second kappa shape index (κ2) is 8.66. The Morgan fingerprint density at radius 3 is 2.26 bits per heavy atom. The Hall–Kier alpha value is -2.86. The normalized spacial score (nSPS) is 14.7. The number of rotatable bonds is 5. The average Bonchev–Trinajstić information content (AvgIpc) is 3.26. The van der Waals surface area contributed by atoms with Crippen LogP contribution in [0.1, 0.15) is 28.0 Å². The molecule has 0 spiro atoms. The summed E-state index contributed by atoms with van der Waals surface area (Å²) in [4.78, 5) is 19.8. The summed E-state index contributed by atoms with van der Waals surface area (Å²) in [6, 6.07) is 1.61. The number of hydrogen-bond donors (Lipinski definition) is 1. The number of nitrogens with zero attached hydrogens (tertiary/aromatic N) is 5. The van der Waals surface area contributed by atoms with Crippen molar-refractivity contribution >= 4 is 43.6 Å². The molecule has 8 nitrogen and oxygen atoms in total. The maximum absolute atomic E-state index is 13.5. The van der Waals surface area contributed by atoms with Crippen LogP contribution in [-0.2, 0) is 26.5 Å². The lowest BCUT2D eigenvalue weighted by molar-refractivity contribution is -0.289. The van der Waals surface area contributed by atoms with Gasteiger partial charge in [0.15, 0.2) is 10.7 Å². The van der Waals surface area contributed by atoms with Crippen LogP contribution in [0.2, 0.25) is 0 Å². The highest BCUT2D eigenvalue weighted by molar-refractivity contribution is 7.97. The van der Waals surface area contributed by atoms with E-state index in [-0.39, 0.29) is 16.9 Å². The van der Waals surface area contributed by atoms with Gasteiger partial charge < -0.3 is 0 Å². The van der Waals surface area contributed by atoms with E-state index in [0.29, 0.717) is 11.1 Å². The number of anilines is 1. The van der Waals surface area contributed by atoms with Gasteiger partial charge in [-0.15, -0.1) is 10.2 Å². The molecule has 3 aromatic rings. The zero-order valence-corrected chi connectivity index (χ0v) is 18.9. The van der Waals surface area contributed by atoms with E-state index in [1.165, 1.54) is 6.92 Å². The van der Waals surface area contributed by atoms with Crippen molar-refractivity contribution in [3.8, 4) is 0 Å². The Morgan fingerprint density at radius 1 is 1.09 bits per heavy atom. The van der Waals surface area contributed by atoms with E-state index < -0.39 is 72.0 Å². The highest BCUT2D eigenvalue weighted by Crippen LogP contribution is 2.45. The van der Waals surface area contributed by atoms with E-state index in [0.717, 1.165) is 19.2 Å². The number of hydrogen-bond acceptors (Lipinski definition) is 7. The van der Waals surface area contributed by atoms with E-state index in [2.05, 4.69) is 20.2 Å². The highest BCUT2D eigenvalue weighted by Gasteiger charge is 2.61. The van der Waals surface area contributed by atoms with Crippen molar-refractivity contribution in [2.75, 3.05) is 17.7 Å². The first-order valence-electron chi connectivity index (χ1n) is 9.09. The zero-order chi connectivity index (χ0) is 26.6. The maximum atomic E-state index is 13.5. The van der Waals surface area contributed by atoms with Crippen LogP contribution in [0.25, 0.3) is 11.0 Å². The second-order valence-corrected chi connectivity index (χ2v) is 10.1. The largest absolute Gasteiger partial charge is 0.460 e. The van der Waals surface area contributed by atoms with Crippen LogP contribution in [-0.4, -0.2) is 49.6 Å². The summed E-state index contributed by atoms with van der Waals surface area (Å²) in [6.45, 7) is 1.25. The fourth-order valence-electron chi connectivity index (χ4n) is 2.63. The number of amides is 1. The van der Waals surface area contributed by atoms with Gasteiger partial charge in [0.2, 0.25) is 20.2 Å². The van der Waals surface area contributed by atoms with E-state index in [1.807, 2.05) is 0 Å². The Balaban J connectivity index is 2.12. The van der Waals surface area contributed by atoms with Gasteiger partial charge in [-0.25, -0.2) is 4.98 Å². The molecule has 0 saturated carbocycles. The maximum Gasteiger partial charge on any atom is 0.460 e. The molecule has 1 atom stereocenters. The summed E-state index contributed by atoms with van der Waals surface area (Å²) in [6.07, 6.45) is -10.5. The predicted molar refractivity (Wildman–Crippen MR) is 107 cm³/mol. The van der Waals surface area contributed by atoms with Gasteiger partial charge in [0.05, 0.1) is 17.2 Å². The molecule has 0 aliphatic heterocycles. The first-order valence-corrected chi connectivity index (χ1v) is 11.6. The molecule has 0 fully saturated rings. The van der Waals surface area contributed by atoms with Gasteiger partial charge in [0, 0.05) is 13.1 Å². The number of alkyl halides is 8. The molecular formula is C17H12F8N5O3S2+. The van der Waals surface area contributed by atoms with Gasteiger partial charge in [-0.2, -0.15) is 39.7 Å². The van der Waals surface area contributed by atoms with Gasteiger partial charge >= 0.3 is 18.3 Å². The number of carbonyl (C=O) groups is 1. The molecule has 0 radical (unpaired) electrons. The molecule has 35 heavy (non-hydrogen) atoms. The second-order valence-electron chi connectivity index (χ2n) is 6.85. The van der Waals surface area contributed by atoms with Crippen molar-refractivity contribution in [1.82, 2.24) is 20.2 Å². The summed E-state index contributed by atoms with van der Waals surface area (Å²) in [7, 11) is -3.09. The lowest BCUT2D eigenvalue weighted by Gasteiger charge is -2.17. The first kappa shape index (κ1) is 26.7. The van der Waals surface area contributed by atoms with Crippen molar-refractivity contribution in [2.45, 2.75) is 30.1 Å². The third-order valence-corrected chi connectivity index (χ3v) is 7.41. The van der Waals surface area contributed by atoms with E-state index in [9.17, 15) is 48.7 Å². The lowest BCUT2D eigenvalue weighted by atomic mass is 10.1. The van der Waals surface area contributed by atoms with Crippen molar-refractivity contribution < 1.29 is 48.7 Å². The number of carbonyl (C=O) groups excluding carboxylic acids is 1. The highest BCUT2D eigenvalue weighted by atomic mass is 32.3. The molecule has 190 valence electrons. The van der Waals surface area contributed by atoms with E-state index in [1.54, 1.807) is 0 Å². The summed E-state index contributed by atoms with van der Waals surface area (Å²) in [5.74, 6) is -7.03. The SMILES string of the molecule is CC[S+](=O)(O)c1cc2nc(C(F)(F)F)cnc2cc1C(=O)N(C)c1nnc(C(F)(F)C(F)(F)F)s1. The van der Waals surface area contributed by atoms with Crippen LogP contribution >= 0.6 is 11.3 Å². The molecule has 18 heteroatoms. The van der Waals surface area contributed by atoms with Crippen LogP contribution in [0.3, 0.4) is 0 Å². The number of benzene rings is 1. The van der Waals surface area contributed by atoms with Crippen LogP contribution in [0.5, 0.6) is 0 Å². The Labute approximate surface area is 195 Å². The third kappa shape index (κ3) is 4.94. The number of halogens is 8. The van der Waals surface area contributed by atoms with Crippen molar-refractivity contribution in [2.24, 2.45) is 0 Å². The average molecular weight is 550 g/mol. The minimum Gasteiger partial charge on any atom is -0.286 e. The number of aromatic nitrogens is 4. The quantitative estimate of drug-likeness (QED) is 0.360. The minimum atomic E-state index is -5.98. The van der Waals surface area contributed by atoms with Crippen molar-refractivity contribution in [3.63, 3.8) is 0 Å². The summed E-state index contributed by atoms with van der Waals surface area (Å²) >= 11 is -0.249. The first-order chi connectivity index (χ1) is 15.9. The van der Waals surface area contributed by atoms with Gasteiger partial charge in [0.1, 0.15) is 11.3 Å². The standard InChI is InChI=1S/C17H11F8N5O3S2/c1-3-35(32,33)10-5-9-8(26-6-11(27-9)16(20,21)22)4-7(10)12(31)30(2)14-29-28-13(34-14)15(18,19)17(23,24)25/h4-6H,3H2,1-2H3/p+1. The summed E-state index contributed by atoms with van der Waals surface area (Å²) < 4.78 is 127. The fourth-order valence-corrected chi connectivity index (χ4v) is 4.53. The molecule has 3 rings (SSSR count). The molecule has 0 aliphatic rings. The topological polar surface area (TPSA) is 109 Å². The van der Waals surface area contributed by atoms with Crippen molar-refractivity contribution in [1.29, 1.82) is 0 Å². The van der Waals surface area contributed by atoms with Gasteiger partial charge in [-0.3, -0.25) is 14.7 Å². The van der Waals surface area contributed by atoms with Crippen molar-refractivity contribution in [3.05, 3.63) is 34.6 Å². The molecular weight excluding hydrogens is 538 g/mol. The Bertz CT molecular complexity index is 1340. The predicted octanol–water partition coefficient (Wildman–Crippen LogP) is 4.78. The Morgan fingerprint density at radius 2 is 1.71 bits per heavy atom. The molecule has 0 saturated heterocycles. The zero-order valence-electron chi connectivity index (χ0n) is 17.3. The van der Waals surface area contributed by atoms with Crippen LogP contribution in [0.15, 0.2) is 23.2 Å². The molecule has 1 N–H and O–H groups in total. The monoisotopic (exact) mass is 550 g/mol. The molecule has 2 aromatic heterocycles. The molecule has 1 unspecified atom stereocenters. The molecule has 0 bridgehead atoms. The number of fused-ring (bicyclic) bond motifs is 1.